The quantitative estimate of drug-likeness (QED) is 0.826. The lowest BCUT2D eigenvalue weighted by atomic mass is 9.95. The molecule has 104 valence electrons. The van der Waals surface area contributed by atoms with E-state index in [0.29, 0.717) is 5.92 Å². The average Bonchev–Trinajstić information content (AvgIpc) is 2.40. The summed E-state index contributed by atoms with van der Waals surface area (Å²) in [6.45, 7) is 6.16. The van der Waals surface area contributed by atoms with Crippen LogP contribution in [-0.4, -0.2) is 28.0 Å². The van der Waals surface area contributed by atoms with Crippen molar-refractivity contribution in [3.05, 3.63) is 29.6 Å². The first-order valence-corrected chi connectivity index (χ1v) is 6.49. The minimum Gasteiger partial charge on any atom is -0.478 e. The van der Waals surface area contributed by atoms with Gasteiger partial charge in [-0.3, -0.25) is 9.78 Å². The number of nitrogens with zero attached hydrogens (tertiary/aromatic N) is 1. The maximum Gasteiger partial charge on any atom is 0.337 e. The molecule has 0 bridgehead atoms. The predicted octanol–water partition coefficient (Wildman–Crippen LogP) is 2.33. The summed E-state index contributed by atoms with van der Waals surface area (Å²) in [4.78, 5) is 26.5. The highest BCUT2D eigenvalue weighted by Gasteiger charge is 2.17. The van der Waals surface area contributed by atoms with Gasteiger partial charge in [-0.05, 0) is 25.0 Å². The Labute approximate surface area is 113 Å². The van der Waals surface area contributed by atoms with Crippen molar-refractivity contribution in [1.29, 1.82) is 0 Å². The average molecular weight is 264 g/mol. The van der Waals surface area contributed by atoms with E-state index < -0.39 is 5.97 Å². The van der Waals surface area contributed by atoms with Crippen molar-refractivity contribution in [1.82, 2.24) is 10.3 Å². The van der Waals surface area contributed by atoms with Crippen LogP contribution in [-0.2, 0) is 0 Å². The van der Waals surface area contributed by atoms with Gasteiger partial charge in [0, 0.05) is 12.2 Å². The van der Waals surface area contributed by atoms with Gasteiger partial charge >= 0.3 is 5.97 Å². The molecule has 5 nitrogen and oxygen atoms in total. The highest BCUT2D eigenvalue weighted by Crippen LogP contribution is 2.13. The smallest absolute Gasteiger partial charge is 0.337 e. The van der Waals surface area contributed by atoms with Crippen molar-refractivity contribution in [2.75, 3.05) is 0 Å². The summed E-state index contributed by atoms with van der Waals surface area (Å²) in [5, 5.41) is 11.7. The van der Waals surface area contributed by atoms with Crippen LogP contribution in [0, 0.1) is 5.92 Å². The first kappa shape index (κ1) is 15.1. The van der Waals surface area contributed by atoms with E-state index in [2.05, 4.69) is 24.1 Å². The molecule has 0 aliphatic heterocycles. The fraction of sp³-hybridized carbons (Fsp3) is 0.500. The summed E-state index contributed by atoms with van der Waals surface area (Å²) < 4.78 is 0. The van der Waals surface area contributed by atoms with Gasteiger partial charge in [0.2, 0.25) is 0 Å². The Kier molecular flexibility index (Phi) is 5.48. The highest BCUT2D eigenvalue weighted by molar-refractivity contribution is 5.93. The number of carboxylic acid groups (broad SMARTS) is 1. The molecule has 0 fully saturated rings. The first-order valence-electron chi connectivity index (χ1n) is 6.49. The number of nitrogens with one attached hydrogen (secondary N) is 1. The molecule has 1 amide bonds. The molecular weight excluding hydrogens is 244 g/mol. The van der Waals surface area contributed by atoms with E-state index in [1.54, 1.807) is 0 Å². The van der Waals surface area contributed by atoms with E-state index in [4.69, 9.17) is 5.11 Å². The van der Waals surface area contributed by atoms with Crippen LogP contribution in [0.1, 0.15) is 54.5 Å². The zero-order valence-electron chi connectivity index (χ0n) is 11.5. The Morgan fingerprint density at radius 2 is 1.95 bits per heavy atom. The van der Waals surface area contributed by atoms with Crippen LogP contribution in [0.4, 0.5) is 0 Å². The van der Waals surface area contributed by atoms with Crippen LogP contribution < -0.4 is 5.32 Å². The molecule has 5 heteroatoms. The van der Waals surface area contributed by atoms with Crippen LogP contribution in [0.15, 0.2) is 18.3 Å². The third-order valence-electron chi connectivity index (χ3n) is 3.36. The Hall–Kier alpha value is -1.91. The fourth-order valence-corrected chi connectivity index (χ4v) is 2.05. The molecule has 0 saturated carbocycles. The molecule has 1 atom stereocenters. The normalized spacial score (nSPS) is 12.2. The van der Waals surface area contributed by atoms with Crippen molar-refractivity contribution in [3.63, 3.8) is 0 Å². The molecular formula is C14H20N2O3. The molecule has 0 aliphatic carbocycles. The molecule has 1 aromatic heterocycles. The number of carboxylic acids is 1. The number of rotatable bonds is 6. The number of carbonyl (C=O) groups is 2. The predicted molar refractivity (Wildman–Crippen MR) is 72.2 cm³/mol. The summed E-state index contributed by atoms with van der Waals surface area (Å²) in [6.07, 6.45) is 3.20. The molecule has 0 saturated heterocycles. The number of amides is 1. The lowest BCUT2D eigenvalue weighted by molar-refractivity contribution is 0.0695. The molecule has 19 heavy (non-hydrogen) atoms. The van der Waals surface area contributed by atoms with Crippen molar-refractivity contribution >= 4 is 11.9 Å². The summed E-state index contributed by atoms with van der Waals surface area (Å²) in [5.74, 6) is -0.886. The summed E-state index contributed by atoms with van der Waals surface area (Å²) in [6, 6.07) is 2.88. The molecule has 0 spiro atoms. The van der Waals surface area contributed by atoms with E-state index in [1.165, 1.54) is 18.3 Å². The van der Waals surface area contributed by atoms with Gasteiger partial charge in [0.1, 0.15) is 5.69 Å². The number of aromatic carboxylic acids is 1. The van der Waals surface area contributed by atoms with Crippen molar-refractivity contribution in [3.8, 4) is 0 Å². The van der Waals surface area contributed by atoms with E-state index in [0.717, 1.165) is 12.8 Å². The Morgan fingerprint density at radius 1 is 1.32 bits per heavy atom. The monoisotopic (exact) mass is 264 g/mol. The number of hydrogen-bond acceptors (Lipinski definition) is 3. The van der Waals surface area contributed by atoms with Gasteiger partial charge in [-0.25, -0.2) is 4.79 Å². The second-order valence-corrected chi connectivity index (χ2v) is 4.58. The van der Waals surface area contributed by atoms with Crippen LogP contribution in [0.5, 0.6) is 0 Å². The fourth-order valence-electron chi connectivity index (χ4n) is 2.05. The zero-order valence-corrected chi connectivity index (χ0v) is 11.5. The summed E-state index contributed by atoms with van der Waals surface area (Å²) in [7, 11) is 0. The van der Waals surface area contributed by atoms with Crippen LogP contribution >= 0.6 is 0 Å². The third-order valence-corrected chi connectivity index (χ3v) is 3.36. The van der Waals surface area contributed by atoms with Crippen LogP contribution in [0.3, 0.4) is 0 Å². The largest absolute Gasteiger partial charge is 0.478 e. The summed E-state index contributed by atoms with van der Waals surface area (Å²) >= 11 is 0. The standard InChI is InChI=1S/C14H20N2O3/c1-4-10(5-2)9(3)16-13(17)12-7-6-11(8-15-12)14(18)19/h6-10H,4-5H2,1-3H3,(H,16,17)(H,18,19). The second kappa shape index (κ2) is 6.87. The SMILES string of the molecule is CCC(CC)C(C)NC(=O)c1ccc(C(=O)O)cn1. The van der Waals surface area contributed by atoms with E-state index >= 15 is 0 Å². The third kappa shape index (κ3) is 4.05. The lowest BCUT2D eigenvalue weighted by Gasteiger charge is -2.22. The van der Waals surface area contributed by atoms with Gasteiger partial charge in [-0.15, -0.1) is 0 Å². The van der Waals surface area contributed by atoms with Crippen molar-refractivity contribution in [2.24, 2.45) is 5.92 Å². The lowest BCUT2D eigenvalue weighted by Crippen LogP contribution is -2.38. The number of carbonyl (C=O) groups excluding carboxylic acids is 1. The number of aromatic nitrogens is 1. The molecule has 1 aromatic rings. The van der Waals surface area contributed by atoms with Crippen LogP contribution in [0.25, 0.3) is 0 Å². The van der Waals surface area contributed by atoms with E-state index in [9.17, 15) is 9.59 Å². The molecule has 1 unspecified atom stereocenters. The Morgan fingerprint density at radius 3 is 2.37 bits per heavy atom. The molecule has 0 radical (unpaired) electrons. The van der Waals surface area contributed by atoms with Gasteiger partial charge in [-0.1, -0.05) is 26.7 Å². The van der Waals surface area contributed by atoms with Crippen LogP contribution in [0.2, 0.25) is 0 Å². The summed E-state index contributed by atoms with van der Waals surface area (Å²) in [5.41, 5.74) is 0.312. The van der Waals surface area contributed by atoms with Gasteiger partial charge < -0.3 is 10.4 Å². The number of pyridine rings is 1. The van der Waals surface area contributed by atoms with Gasteiger partial charge in [-0.2, -0.15) is 0 Å². The molecule has 1 rings (SSSR count). The van der Waals surface area contributed by atoms with Crippen molar-refractivity contribution in [2.45, 2.75) is 39.7 Å². The topological polar surface area (TPSA) is 79.3 Å². The first-order chi connectivity index (χ1) is 8.99. The molecule has 1 heterocycles. The second-order valence-electron chi connectivity index (χ2n) is 4.58. The molecule has 0 aliphatic rings. The minimum atomic E-state index is -1.05. The van der Waals surface area contributed by atoms with E-state index in [-0.39, 0.29) is 23.2 Å². The maximum atomic E-state index is 12.0. The number of hydrogen-bond donors (Lipinski definition) is 2. The molecule has 0 aromatic carbocycles. The van der Waals surface area contributed by atoms with Gasteiger partial charge in [0.25, 0.3) is 5.91 Å². The zero-order chi connectivity index (χ0) is 14.4. The minimum absolute atomic E-state index is 0.0726. The van der Waals surface area contributed by atoms with E-state index in [1.807, 2.05) is 6.92 Å². The van der Waals surface area contributed by atoms with Crippen molar-refractivity contribution < 1.29 is 14.7 Å². The highest BCUT2D eigenvalue weighted by atomic mass is 16.4. The molecule has 2 N–H and O–H groups in total. The maximum absolute atomic E-state index is 12.0. The van der Waals surface area contributed by atoms with Gasteiger partial charge in [0.15, 0.2) is 0 Å². The Bertz CT molecular complexity index is 439. The van der Waals surface area contributed by atoms with Gasteiger partial charge in [0.05, 0.1) is 5.56 Å². The Balaban J connectivity index is 2.70.